The Bertz CT molecular complexity index is 84.7. The Kier molecular flexibility index (Phi) is 23.3. The van der Waals surface area contributed by atoms with Gasteiger partial charge in [0.1, 0.15) is 0 Å². The molecular formula is C14H34N2. The molecular weight excluding hydrogens is 196 g/mol. The molecule has 0 aliphatic heterocycles. The summed E-state index contributed by atoms with van der Waals surface area (Å²) in [7, 11) is 0. The molecule has 2 heteroatoms. The van der Waals surface area contributed by atoms with Crippen LogP contribution in [-0.4, -0.2) is 13.1 Å². The zero-order valence-corrected chi connectivity index (χ0v) is 11.6. The van der Waals surface area contributed by atoms with Crippen molar-refractivity contribution in [1.82, 2.24) is 0 Å². The van der Waals surface area contributed by atoms with E-state index in [2.05, 4.69) is 13.8 Å². The lowest BCUT2D eigenvalue weighted by atomic mass is 10.1. The summed E-state index contributed by atoms with van der Waals surface area (Å²) in [5.74, 6) is 0. The number of hydrogen-bond donors (Lipinski definition) is 2. The van der Waals surface area contributed by atoms with Gasteiger partial charge in [-0.05, 0) is 25.9 Å². The maximum Gasteiger partial charge on any atom is -0.00773 e. The van der Waals surface area contributed by atoms with Gasteiger partial charge in [0, 0.05) is 0 Å². The van der Waals surface area contributed by atoms with Crippen LogP contribution in [0.2, 0.25) is 0 Å². The summed E-state index contributed by atoms with van der Waals surface area (Å²) < 4.78 is 0. The van der Waals surface area contributed by atoms with Gasteiger partial charge in [0.05, 0.1) is 0 Å². The van der Waals surface area contributed by atoms with Gasteiger partial charge in [-0.3, -0.25) is 0 Å². The summed E-state index contributed by atoms with van der Waals surface area (Å²) in [5, 5.41) is 0. The highest BCUT2D eigenvalue weighted by molar-refractivity contribution is 4.43. The van der Waals surface area contributed by atoms with Crippen molar-refractivity contribution in [3.8, 4) is 0 Å². The molecule has 0 saturated heterocycles. The van der Waals surface area contributed by atoms with E-state index in [0.29, 0.717) is 0 Å². The molecule has 0 atom stereocenters. The van der Waals surface area contributed by atoms with Gasteiger partial charge in [-0.15, -0.1) is 0 Å². The Labute approximate surface area is 103 Å². The van der Waals surface area contributed by atoms with Crippen molar-refractivity contribution >= 4 is 0 Å². The number of unbranched alkanes of at least 4 members (excludes halogenated alkanes) is 8. The maximum atomic E-state index is 5.34. The fraction of sp³-hybridized carbons (Fsp3) is 1.00. The highest BCUT2D eigenvalue weighted by atomic mass is 14.5. The van der Waals surface area contributed by atoms with Crippen LogP contribution < -0.4 is 11.5 Å². The standard InChI is InChI=1S/C8H19N.C6H15N/c1-2-3-4-5-6-7-8-9;1-2-3-4-5-6-7/h2-9H2,1H3;2-7H2,1H3. The molecule has 0 aromatic carbocycles. The van der Waals surface area contributed by atoms with Crippen molar-refractivity contribution in [3.63, 3.8) is 0 Å². The van der Waals surface area contributed by atoms with E-state index in [1.54, 1.807) is 0 Å². The van der Waals surface area contributed by atoms with E-state index in [1.165, 1.54) is 64.2 Å². The number of hydrogen-bond acceptors (Lipinski definition) is 2. The Balaban J connectivity index is 0. The van der Waals surface area contributed by atoms with Gasteiger partial charge in [0.2, 0.25) is 0 Å². The lowest BCUT2D eigenvalue weighted by Gasteiger charge is -1.96. The molecule has 16 heavy (non-hydrogen) atoms. The fourth-order valence-corrected chi connectivity index (χ4v) is 1.50. The van der Waals surface area contributed by atoms with Crippen molar-refractivity contribution in [3.05, 3.63) is 0 Å². The molecule has 0 heterocycles. The molecule has 0 spiro atoms. The third kappa shape index (κ3) is 23.6. The van der Waals surface area contributed by atoms with E-state index in [9.17, 15) is 0 Å². The average molecular weight is 230 g/mol. The van der Waals surface area contributed by atoms with Crippen LogP contribution in [0.4, 0.5) is 0 Å². The molecule has 0 unspecified atom stereocenters. The van der Waals surface area contributed by atoms with Crippen molar-refractivity contribution in [2.45, 2.75) is 78.1 Å². The highest BCUT2D eigenvalue weighted by Crippen LogP contribution is 2.03. The van der Waals surface area contributed by atoms with Crippen molar-refractivity contribution in [2.75, 3.05) is 13.1 Å². The van der Waals surface area contributed by atoms with E-state index in [-0.39, 0.29) is 0 Å². The quantitative estimate of drug-likeness (QED) is 0.560. The monoisotopic (exact) mass is 230 g/mol. The molecule has 0 amide bonds. The predicted molar refractivity (Wildman–Crippen MR) is 75.6 cm³/mol. The first-order chi connectivity index (χ1) is 7.83. The minimum Gasteiger partial charge on any atom is -0.330 e. The smallest absolute Gasteiger partial charge is 0.00773 e. The largest absolute Gasteiger partial charge is 0.330 e. The summed E-state index contributed by atoms with van der Waals surface area (Å²) in [4.78, 5) is 0. The summed E-state index contributed by atoms with van der Waals surface area (Å²) in [5.41, 5.74) is 10.6. The first-order valence-corrected chi connectivity index (χ1v) is 7.23. The molecule has 2 nitrogen and oxygen atoms in total. The molecule has 0 saturated carbocycles. The van der Waals surface area contributed by atoms with Gasteiger partial charge in [0.15, 0.2) is 0 Å². The van der Waals surface area contributed by atoms with Crippen LogP contribution in [0.5, 0.6) is 0 Å². The molecule has 0 bridgehead atoms. The molecule has 4 N–H and O–H groups in total. The van der Waals surface area contributed by atoms with Gasteiger partial charge < -0.3 is 11.5 Å². The van der Waals surface area contributed by atoms with Crippen LogP contribution >= 0.6 is 0 Å². The first-order valence-electron chi connectivity index (χ1n) is 7.23. The van der Waals surface area contributed by atoms with Gasteiger partial charge in [-0.25, -0.2) is 0 Å². The van der Waals surface area contributed by atoms with Gasteiger partial charge >= 0.3 is 0 Å². The van der Waals surface area contributed by atoms with E-state index in [1.807, 2.05) is 0 Å². The van der Waals surface area contributed by atoms with Crippen LogP contribution in [0.3, 0.4) is 0 Å². The minimum absolute atomic E-state index is 0.861. The topological polar surface area (TPSA) is 52.0 Å². The van der Waals surface area contributed by atoms with E-state index in [0.717, 1.165) is 13.1 Å². The van der Waals surface area contributed by atoms with Gasteiger partial charge in [-0.2, -0.15) is 0 Å². The second-order valence-electron chi connectivity index (χ2n) is 4.41. The zero-order valence-electron chi connectivity index (χ0n) is 11.6. The molecule has 100 valence electrons. The van der Waals surface area contributed by atoms with Crippen LogP contribution in [0.25, 0.3) is 0 Å². The Morgan fingerprint density at radius 3 is 1.19 bits per heavy atom. The molecule has 0 aromatic heterocycles. The highest BCUT2D eigenvalue weighted by Gasteiger charge is 1.85. The lowest BCUT2D eigenvalue weighted by Crippen LogP contribution is -1.97. The normalized spacial score (nSPS) is 9.75. The Morgan fingerprint density at radius 1 is 0.500 bits per heavy atom. The van der Waals surface area contributed by atoms with Crippen LogP contribution in [-0.2, 0) is 0 Å². The van der Waals surface area contributed by atoms with Crippen molar-refractivity contribution in [2.24, 2.45) is 11.5 Å². The fourth-order valence-electron chi connectivity index (χ4n) is 1.50. The summed E-state index contributed by atoms with van der Waals surface area (Å²) >= 11 is 0. The second-order valence-corrected chi connectivity index (χ2v) is 4.41. The predicted octanol–water partition coefficient (Wildman–Crippen LogP) is 3.83. The van der Waals surface area contributed by atoms with Crippen molar-refractivity contribution in [1.29, 1.82) is 0 Å². The third-order valence-electron chi connectivity index (χ3n) is 2.62. The summed E-state index contributed by atoms with van der Waals surface area (Å²) in [6, 6.07) is 0. The average Bonchev–Trinajstić information content (AvgIpc) is 2.31. The third-order valence-corrected chi connectivity index (χ3v) is 2.62. The SMILES string of the molecule is CCCCCCCCN.CCCCCCN. The minimum atomic E-state index is 0.861. The van der Waals surface area contributed by atoms with Crippen LogP contribution in [0, 0.1) is 0 Å². The maximum absolute atomic E-state index is 5.34. The lowest BCUT2D eigenvalue weighted by molar-refractivity contribution is 0.612. The Hall–Kier alpha value is -0.0800. The molecule has 0 aliphatic carbocycles. The van der Waals surface area contributed by atoms with Gasteiger partial charge in [-0.1, -0.05) is 65.2 Å². The zero-order chi connectivity index (χ0) is 12.5. The van der Waals surface area contributed by atoms with E-state index < -0.39 is 0 Å². The number of rotatable bonds is 10. The number of nitrogens with two attached hydrogens (primary N) is 2. The molecule has 0 radical (unpaired) electrons. The Morgan fingerprint density at radius 2 is 0.812 bits per heavy atom. The molecule has 0 aliphatic rings. The van der Waals surface area contributed by atoms with E-state index in [4.69, 9.17) is 11.5 Å². The molecule has 0 fully saturated rings. The van der Waals surface area contributed by atoms with E-state index >= 15 is 0 Å². The molecule has 0 aromatic rings. The van der Waals surface area contributed by atoms with Gasteiger partial charge in [0.25, 0.3) is 0 Å². The first kappa shape index (κ1) is 18.3. The van der Waals surface area contributed by atoms with Crippen LogP contribution in [0.15, 0.2) is 0 Å². The van der Waals surface area contributed by atoms with Crippen LogP contribution in [0.1, 0.15) is 78.1 Å². The molecule has 0 rings (SSSR count). The van der Waals surface area contributed by atoms with Crippen molar-refractivity contribution < 1.29 is 0 Å². The summed E-state index contributed by atoms with van der Waals surface area (Å²) in [6.07, 6.45) is 13.2. The summed E-state index contributed by atoms with van der Waals surface area (Å²) in [6.45, 7) is 6.17. The second kappa shape index (κ2) is 20.3.